The van der Waals surface area contributed by atoms with Crippen molar-refractivity contribution in [2.75, 3.05) is 5.32 Å². The lowest BCUT2D eigenvalue weighted by Gasteiger charge is -2.10. The number of amides is 1. The first-order valence-corrected chi connectivity index (χ1v) is 6.95. The van der Waals surface area contributed by atoms with Crippen molar-refractivity contribution in [2.45, 2.75) is 6.61 Å². The molecule has 1 amide bonds. The first kappa shape index (κ1) is 16.0. The highest BCUT2D eigenvalue weighted by Gasteiger charge is 2.12. The minimum Gasteiger partial charge on any atom is -0.486 e. The molecule has 2 rings (SSSR count). The first-order valence-electron chi connectivity index (χ1n) is 6.16. The molecule has 0 radical (unpaired) electrons. The van der Waals surface area contributed by atoms with Crippen molar-refractivity contribution in [3.05, 3.63) is 57.8 Å². The number of anilines is 1. The van der Waals surface area contributed by atoms with Crippen LogP contribution in [0.5, 0.6) is 5.75 Å². The van der Waals surface area contributed by atoms with E-state index in [0.717, 1.165) is 0 Å². The average molecular weight is 368 g/mol. The van der Waals surface area contributed by atoms with Crippen LogP contribution in [0.2, 0.25) is 0 Å². The van der Waals surface area contributed by atoms with E-state index in [4.69, 9.17) is 9.84 Å². The van der Waals surface area contributed by atoms with Crippen LogP contribution in [0.15, 0.2) is 40.9 Å². The summed E-state index contributed by atoms with van der Waals surface area (Å²) in [6, 6.07) is 9.45. The highest BCUT2D eigenvalue weighted by molar-refractivity contribution is 9.10. The van der Waals surface area contributed by atoms with Crippen LogP contribution in [-0.4, -0.2) is 17.5 Å². The molecule has 5 nitrogen and oxygen atoms in total. The van der Waals surface area contributed by atoms with Crippen molar-refractivity contribution in [3.8, 4) is 5.75 Å². The van der Waals surface area contributed by atoms with E-state index < -0.39 is 11.9 Å². The SMILES string of the molecule is O=Cc1c(Br)ccc(OCc2cccc(NC(=O)O)c2)c1F. The number of ether oxygens (including phenoxy) is 1. The molecule has 0 saturated heterocycles. The van der Waals surface area contributed by atoms with E-state index in [0.29, 0.717) is 22.0 Å². The molecule has 0 heterocycles. The Morgan fingerprint density at radius 2 is 2.14 bits per heavy atom. The van der Waals surface area contributed by atoms with Crippen LogP contribution in [-0.2, 0) is 6.61 Å². The van der Waals surface area contributed by atoms with E-state index in [2.05, 4.69) is 21.2 Å². The van der Waals surface area contributed by atoms with E-state index >= 15 is 0 Å². The summed E-state index contributed by atoms with van der Waals surface area (Å²) in [6.45, 7) is 0.0337. The summed E-state index contributed by atoms with van der Waals surface area (Å²) in [5, 5.41) is 10.9. The number of carboxylic acid groups (broad SMARTS) is 1. The Kier molecular flexibility index (Phi) is 5.11. The molecule has 0 aliphatic heterocycles. The molecule has 0 fully saturated rings. The summed E-state index contributed by atoms with van der Waals surface area (Å²) in [6.07, 6.45) is -0.767. The maximum absolute atomic E-state index is 14.0. The highest BCUT2D eigenvalue weighted by Crippen LogP contribution is 2.27. The number of hydrogen-bond acceptors (Lipinski definition) is 3. The van der Waals surface area contributed by atoms with Gasteiger partial charge in [0, 0.05) is 10.2 Å². The third kappa shape index (κ3) is 3.82. The van der Waals surface area contributed by atoms with Gasteiger partial charge in [0.1, 0.15) is 6.61 Å². The number of carbonyl (C=O) groups is 2. The van der Waals surface area contributed by atoms with Gasteiger partial charge in [0.05, 0.1) is 5.56 Å². The zero-order valence-electron chi connectivity index (χ0n) is 11.2. The molecule has 114 valence electrons. The molecule has 0 unspecified atom stereocenters. The van der Waals surface area contributed by atoms with Gasteiger partial charge in [-0.05, 0) is 45.8 Å². The highest BCUT2D eigenvalue weighted by atomic mass is 79.9. The van der Waals surface area contributed by atoms with E-state index in [9.17, 15) is 14.0 Å². The fourth-order valence-corrected chi connectivity index (χ4v) is 2.19. The molecule has 2 aromatic rings. The number of nitrogens with one attached hydrogen (secondary N) is 1. The number of benzene rings is 2. The zero-order chi connectivity index (χ0) is 16.1. The molecule has 2 N–H and O–H groups in total. The summed E-state index contributed by atoms with van der Waals surface area (Å²) in [4.78, 5) is 21.4. The second-order valence-corrected chi connectivity index (χ2v) is 5.16. The van der Waals surface area contributed by atoms with Crippen molar-refractivity contribution in [1.29, 1.82) is 0 Å². The maximum Gasteiger partial charge on any atom is 0.409 e. The summed E-state index contributed by atoms with van der Waals surface area (Å²) in [7, 11) is 0. The van der Waals surface area contributed by atoms with Crippen LogP contribution in [0.3, 0.4) is 0 Å². The van der Waals surface area contributed by atoms with Crippen LogP contribution < -0.4 is 10.1 Å². The third-order valence-corrected chi connectivity index (χ3v) is 3.47. The number of aldehydes is 1. The molecule has 0 saturated carbocycles. The lowest BCUT2D eigenvalue weighted by Crippen LogP contribution is -2.07. The molecule has 0 aliphatic carbocycles. The normalized spacial score (nSPS) is 10.1. The van der Waals surface area contributed by atoms with Gasteiger partial charge in [-0.2, -0.15) is 0 Å². The average Bonchev–Trinajstić information content (AvgIpc) is 2.47. The van der Waals surface area contributed by atoms with E-state index in [1.807, 2.05) is 0 Å². The van der Waals surface area contributed by atoms with Gasteiger partial charge in [0.25, 0.3) is 0 Å². The lowest BCUT2D eigenvalue weighted by atomic mass is 10.2. The molecular formula is C15H11BrFNO4. The number of hydrogen-bond donors (Lipinski definition) is 2. The largest absolute Gasteiger partial charge is 0.486 e. The quantitative estimate of drug-likeness (QED) is 0.781. The second-order valence-electron chi connectivity index (χ2n) is 4.31. The molecule has 2 aromatic carbocycles. The Hall–Kier alpha value is -2.41. The predicted octanol–water partition coefficient (Wildman–Crippen LogP) is 4.07. The van der Waals surface area contributed by atoms with Crippen molar-refractivity contribution in [2.24, 2.45) is 0 Å². The van der Waals surface area contributed by atoms with Crippen LogP contribution in [0.25, 0.3) is 0 Å². The molecule has 0 aromatic heterocycles. The van der Waals surface area contributed by atoms with Crippen molar-refractivity contribution in [3.63, 3.8) is 0 Å². The third-order valence-electron chi connectivity index (χ3n) is 2.78. The van der Waals surface area contributed by atoms with Crippen LogP contribution >= 0.6 is 15.9 Å². The van der Waals surface area contributed by atoms with Crippen LogP contribution in [0.1, 0.15) is 15.9 Å². The Labute approximate surface area is 133 Å². The van der Waals surface area contributed by atoms with E-state index in [1.54, 1.807) is 24.3 Å². The topological polar surface area (TPSA) is 75.6 Å². The fourth-order valence-electron chi connectivity index (χ4n) is 1.79. The zero-order valence-corrected chi connectivity index (χ0v) is 12.8. The monoisotopic (exact) mass is 367 g/mol. The molecule has 0 aliphatic rings. The van der Waals surface area contributed by atoms with Crippen molar-refractivity contribution in [1.82, 2.24) is 0 Å². The van der Waals surface area contributed by atoms with Crippen LogP contribution in [0.4, 0.5) is 14.9 Å². The molecule has 22 heavy (non-hydrogen) atoms. The number of rotatable bonds is 5. The Morgan fingerprint density at radius 3 is 2.82 bits per heavy atom. The van der Waals surface area contributed by atoms with Crippen molar-refractivity contribution >= 4 is 34.0 Å². The molecular weight excluding hydrogens is 357 g/mol. The summed E-state index contributed by atoms with van der Waals surface area (Å²) < 4.78 is 19.7. The number of carbonyl (C=O) groups excluding carboxylic acids is 1. The van der Waals surface area contributed by atoms with E-state index in [-0.39, 0.29) is 17.9 Å². The van der Waals surface area contributed by atoms with Crippen molar-refractivity contribution < 1.29 is 23.8 Å². The standard InChI is InChI=1S/C15H11BrFNO4/c16-12-4-5-13(14(17)11(12)7-19)22-8-9-2-1-3-10(6-9)18-15(20)21/h1-7,18H,8H2,(H,20,21). The molecule has 0 atom stereocenters. The summed E-state index contributed by atoms with van der Waals surface area (Å²) in [5.74, 6) is -0.800. The van der Waals surface area contributed by atoms with Gasteiger partial charge in [0.15, 0.2) is 17.9 Å². The molecule has 7 heteroatoms. The molecule has 0 bridgehead atoms. The Bertz CT molecular complexity index is 721. The maximum atomic E-state index is 14.0. The van der Waals surface area contributed by atoms with Gasteiger partial charge in [-0.15, -0.1) is 0 Å². The van der Waals surface area contributed by atoms with Gasteiger partial charge in [-0.25, -0.2) is 9.18 Å². The predicted molar refractivity (Wildman–Crippen MR) is 81.9 cm³/mol. The van der Waals surface area contributed by atoms with Gasteiger partial charge in [-0.3, -0.25) is 10.1 Å². The van der Waals surface area contributed by atoms with Gasteiger partial charge in [-0.1, -0.05) is 12.1 Å². The summed E-state index contributed by atoms with van der Waals surface area (Å²) >= 11 is 3.08. The number of halogens is 2. The Balaban J connectivity index is 2.13. The van der Waals surface area contributed by atoms with Gasteiger partial charge >= 0.3 is 6.09 Å². The Morgan fingerprint density at radius 1 is 1.36 bits per heavy atom. The van der Waals surface area contributed by atoms with Crippen LogP contribution in [0, 0.1) is 5.82 Å². The summed E-state index contributed by atoms with van der Waals surface area (Å²) in [5.41, 5.74) is 0.929. The van der Waals surface area contributed by atoms with Gasteiger partial charge < -0.3 is 9.84 Å². The fraction of sp³-hybridized carbons (Fsp3) is 0.0667. The minimum atomic E-state index is -1.17. The second kappa shape index (κ2) is 7.04. The molecule has 0 spiro atoms. The smallest absolute Gasteiger partial charge is 0.409 e. The minimum absolute atomic E-state index is 0.0337. The first-order chi connectivity index (χ1) is 10.5. The van der Waals surface area contributed by atoms with Gasteiger partial charge in [0.2, 0.25) is 0 Å². The lowest BCUT2D eigenvalue weighted by molar-refractivity contribution is 0.111. The van der Waals surface area contributed by atoms with E-state index in [1.165, 1.54) is 12.1 Å².